The van der Waals surface area contributed by atoms with Crippen molar-refractivity contribution in [3.05, 3.63) is 36.7 Å². The third-order valence-corrected chi connectivity index (χ3v) is 4.02. The van der Waals surface area contributed by atoms with Crippen molar-refractivity contribution < 1.29 is 4.79 Å². The minimum atomic E-state index is 0.0378. The summed E-state index contributed by atoms with van der Waals surface area (Å²) >= 11 is 1.78. The number of nitrogen functional groups attached to an aromatic ring is 1. The van der Waals surface area contributed by atoms with Gasteiger partial charge in [0.15, 0.2) is 0 Å². The first-order valence-corrected chi connectivity index (χ1v) is 7.03. The quantitative estimate of drug-likeness (QED) is 0.903. The van der Waals surface area contributed by atoms with E-state index in [1.54, 1.807) is 28.8 Å². The Morgan fingerprint density at radius 3 is 3.05 bits per heavy atom. The first kappa shape index (κ1) is 12.1. The molecule has 19 heavy (non-hydrogen) atoms. The van der Waals surface area contributed by atoms with Crippen LogP contribution in [0.25, 0.3) is 0 Å². The second kappa shape index (κ2) is 4.97. The topological polar surface area (TPSA) is 64.1 Å². The third-order valence-electron chi connectivity index (χ3n) is 2.98. The van der Waals surface area contributed by atoms with Gasteiger partial charge < -0.3 is 10.6 Å². The summed E-state index contributed by atoms with van der Waals surface area (Å²) in [4.78, 5) is 15.3. The van der Waals surface area contributed by atoms with Gasteiger partial charge in [-0.2, -0.15) is 5.10 Å². The average Bonchev–Trinajstić information content (AvgIpc) is 2.83. The van der Waals surface area contributed by atoms with Crippen molar-refractivity contribution >= 4 is 29.0 Å². The predicted octanol–water partition coefficient (Wildman–Crippen LogP) is 1.60. The lowest BCUT2D eigenvalue weighted by Gasteiger charge is -2.28. The monoisotopic (exact) mass is 274 g/mol. The molecule has 0 radical (unpaired) electrons. The molecule has 3 rings (SSSR count). The lowest BCUT2D eigenvalue weighted by molar-refractivity contribution is -0.119. The molecular formula is C13H14N4OS. The summed E-state index contributed by atoms with van der Waals surface area (Å²) in [5.41, 5.74) is 7.16. The Morgan fingerprint density at radius 2 is 2.26 bits per heavy atom. The minimum absolute atomic E-state index is 0.0378. The van der Waals surface area contributed by atoms with Gasteiger partial charge in [-0.3, -0.25) is 9.48 Å². The van der Waals surface area contributed by atoms with Gasteiger partial charge in [0.05, 0.1) is 17.6 Å². The number of carbonyl (C=O) groups is 1. The van der Waals surface area contributed by atoms with Gasteiger partial charge in [0.1, 0.15) is 6.54 Å². The molecule has 2 heterocycles. The SMILES string of the molecule is Nc1cnn(CC(=O)N2CCSc3ccccc32)c1. The van der Waals surface area contributed by atoms with E-state index in [-0.39, 0.29) is 12.5 Å². The normalized spacial score (nSPS) is 14.2. The van der Waals surface area contributed by atoms with Gasteiger partial charge in [-0.15, -0.1) is 11.8 Å². The summed E-state index contributed by atoms with van der Waals surface area (Å²) in [7, 11) is 0. The van der Waals surface area contributed by atoms with Crippen LogP contribution < -0.4 is 10.6 Å². The molecule has 0 unspecified atom stereocenters. The minimum Gasteiger partial charge on any atom is -0.396 e. The Hall–Kier alpha value is -1.95. The van der Waals surface area contributed by atoms with Crippen LogP contribution in [0.15, 0.2) is 41.6 Å². The van der Waals surface area contributed by atoms with Crippen molar-refractivity contribution in [3.8, 4) is 0 Å². The number of hydrogen-bond donors (Lipinski definition) is 1. The smallest absolute Gasteiger partial charge is 0.248 e. The number of anilines is 2. The number of nitrogens with two attached hydrogens (primary N) is 1. The molecule has 0 fully saturated rings. The molecule has 2 N–H and O–H groups in total. The van der Waals surface area contributed by atoms with E-state index in [2.05, 4.69) is 5.10 Å². The van der Waals surface area contributed by atoms with E-state index in [1.165, 1.54) is 0 Å². The first-order valence-electron chi connectivity index (χ1n) is 6.04. The Bertz CT molecular complexity index is 610. The number of aromatic nitrogens is 2. The summed E-state index contributed by atoms with van der Waals surface area (Å²) < 4.78 is 1.57. The number of benzene rings is 1. The van der Waals surface area contributed by atoms with Crippen LogP contribution in [0.5, 0.6) is 0 Å². The predicted molar refractivity (Wildman–Crippen MR) is 76.2 cm³/mol. The van der Waals surface area contributed by atoms with Crippen LogP contribution in [0, 0.1) is 0 Å². The van der Waals surface area contributed by atoms with Crippen LogP contribution in [0.2, 0.25) is 0 Å². The molecule has 0 saturated carbocycles. The standard InChI is InChI=1S/C13H14N4OS/c14-10-7-15-16(8-10)9-13(18)17-5-6-19-12-4-2-1-3-11(12)17/h1-4,7-8H,5-6,9,14H2. The fourth-order valence-corrected chi connectivity index (χ4v) is 3.11. The number of amides is 1. The number of rotatable bonds is 2. The second-order valence-electron chi connectivity index (χ2n) is 4.33. The van der Waals surface area contributed by atoms with Crippen LogP contribution in [0.3, 0.4) is 0 Å². The maximum Gasteiger partial charge on any atom is 0.248 e. The molecule has 0 atom stereocenters. The molecular weight excluding hydrogens is 260 g/mol. The van der Waals surface area contributed by atoms with E-state index in [9.17, 15) is 4.79 Å². The van der Waals surface area contributed by atoms with E-state index < -0.39 is 0 Å². The van der Waals surface area contributed by atoms with E-state index in [1.807, 2.05) is 29.2 Å². The zero-order chi connectivity index (χ0) is 13.2. The van der Waals surface area contributed by atoms with Gasteiger partial charge >= 0.3 is 0 Å². The molecule has 1 aliphatic heterocycles. The zero-order valence-electron chi connectivity index (χ0n) is 10.3. The largest absolute Gasteiger partial charge is 0.396 e. The molecule has 0 aliphatic carbocycles. The van der Waals surface area contributed by atoms with Crippen molar-refractivity contribution in [2.45, 2.75) is 11.4 Å². The van der Waals surface area contributed by atoms with Gasteiger partial charge in [-0.1, -0.05) is 12.1 Å². The van der Waals surface area contributed by atoms with Gasteiger partial charge in [0, 0.05) is 23.4 Å². The lowest BCUT2D eigenvalue weighted by atomic mass is 10.2. The number of fused-ring (bicyclic) bond motifs is 1. The Labute approximate surface area is 115 Å². The highest BCUT2D eigenvalue weighted by Crippen LogP contribution is 2.34. The third kappa shape index (κ3) is 2.44. The van der Waals surface area contributed by atoms with Gasteiger partial charge in [0.25, 0.3) is 0 Å². The molecule has 0 bridgehead atoms. The summed E-state index contributed by atoms with van der Waals surface area (Å²) in [6, 6.07) is 7.98. The molecule has 1 aromatic carbocycles. The number of hydrogen-bond acceptors (Lipinski definition) is 4. The highest BCUT2D eigenvalue weighted by atomic mass is 32.2. The molecule has 98 valence electrons. The van der Waals surface area contributed by atoms with E-state index in [0.29, 0.717) is 5.69 Å². The summed E-state index contributed by atoms with van der Waals surface area (Å²) in [5, 5.41) is 4.05. The van der Waals surface area contributed by atoms with Crippen LogP contribution in [0.4, 0.5) is 11.4 Å². The number of para-hydroxylation sites is 1. The first-order chi connectivity index (χ1) is 9.24. The van der Waals surface area contributed by atoms with Crippen LogP contribution in [0.1, 0.15) is 0 Å². The highest BCUT2D eigenvalue weighted by molar-refractivity contribution is 7.99. The number of carbonyl (C=O) groups excluding carboxylic acids is 1. The summed E-state index contributed by atoms with van der Waals surface area (Å²) in [6.07, 6.45) is 3.22. The van der Waals surface area contributed by atoms with Crippen molar-refractivity contribution in [1.29, 1.82) is 0 Å². The van der Waals surface area contributed by atoms with Crippen molar-refractivity contribution in [1.82, 2.24) is 9.78 Å². The Morgan fingerprint density at radius 1 is 1.42 bits per heavy atom. The molecule has 5 nitrogen and oxygen atoms in total. The van der Waals surface area contributed by atoms with E-state index in [0.717, 1.165) is 22.9 Å². The molecule has 1 aliphatic rings. The van der Waals surface area contributed by atoms with Crippen LogP contribution in [-0.4, -0.2) is 28.0 Å². The Balaban J connectivity index is 1.81. The van der Waals surface area contributed by atoms with Crippen LogP contribution >= 0.6 is 11.8 Å². The molecule has 6 heteroatoms. The molecule has 2 aromatic rings. The van der Waals surface area contributed by atoms with Crippen molar-refractivity contribution in [2.75, 3.05) is 22.9 Å². The summed E-state index contributed by atoms with van der Waals surface area (Å²) in [5.74, 6) is 0.958. The maximum absolute atomic E-state index is 12.4. The maximum atomic E-state index is 12.4. The molecule has 0 spiro atoms. The number of thioether (sulfide) groups is 1. The van der Waals surface area contributed by atoms with E-state index >= 15 is 0 Å². The lowest BCUT2D eigenvalue weighted by Crippen LogP contribution is -2.37. The van der Waals surface area contributed by atoms with Gasteiger partial charge in [-0.05, 0) is 12.1 Å². The van der Waals surface area contributed by atoms with Gasteiger partial charge in [-0.25, -0.2) is 0 Å². The van der Waals surface area contributed by atoms with Gasteiger partial charge in [0.2, 0.25) is 5.91 Å². The highest BCUT2D eigenvalue weighted by Gasteiger charge is 2.22. The van der Waals surface area contributed by atoms with E-state index in [4.69, 9.17) is 5.73 Å². The van der Waals surface area contributed by atoms with Crippen LogP contribution in [-0.2, 0) is 11.3 Å². The molecule has 1 aromatic heterocycles. The Kier molecular flexibility index (Phi) is 3.16. The van der Waals surface area contributed by atoms with Crippen molar-refractivity contribution in [2.24, 2.45) is 0 Å². The van der Waals surface area contributed by atoms with Crippen molar-refractivity contribution in [3.63, 3.8) is 0 Å². The summed E-state index contributed by atoms with van der Waals surface area (Å²) in [6.45, 7) is 0.952. The average molecular weight is 274 g/mol. The molecule has 1 amide bonds. The fourth-order valence-electron chi connectivity index (χ4n) is 2.12. The zero-order valence-corrected chi connectivity index (χ0v) is 11.1. The fraction of sp³-hybridized carbons (Fsp3) is 0.231. The number of nitrogens with zero attached hydrogens (tertiary/aromatic N) is 3. The molecule has 0 saturated heterocycles. The second-order valence-corrected chi connectivity index (χ2v) is 5.47.